The van der Waals surface area contributed by atoms with E-state index in [1.54, 1.807) is 30.6 Å². The van der Waals surface area contributed by atoms with Gasteiger partial charge in [-0.15, -0.1) is 0 Å². The summed E-state index contributed by atoms with van der Waals surface area (Å²) in [6.45, 7) is 0.736. The van der Waals surface area contributed by atoms with E-state index in [0.29, 0.717) is 17.9 Å². The Bertz CT molecular complexity index is 1510. The van der Waals surface area contributed by atoms with E-state index >= 15 is 0 Å². The van der Waals surface area contributed by atoms with Crippen molar-refractivity contribution in [2.24, 2.45) is 5.92 Å². The molecule has 11 heteroatoms. The summed E-state index contributed by atoms with van der Waals surface area (Å²) < 4.78 is 2.08. The SMILES string of the molecule is O=C1CCC(N2C(=O)c3ccc(NCC4CC(n5cc(-c6ncccn6)c(C6CC6)n5)C4)cc3C2=O)C(=O)N1. The van der Waals surface area contributed by atoms with E-state index in [0.717, 1.165) is 59.9 Å². The number of benzene rings is 1. The quantitative estimate of drug-likeness (QED) is 0.449. The van der Waals surface area contributed by atoms with Gasteiger partial charge in [-0.2, -0.15) is 5.10 Å². The summed E-state index contributed by atoms with van der Waals surface area (Å²) in [4.78, 5) is 59.6. The Hall–Kier alpha value is -4.41. The molecular formula is C28H27N7O4. The van der Waals surface area contributed by atoms with Crippen molar-refractivity contribution in [3.05, 3.63) is 59.7 Å². The third-order valence-electron chi connectivity index (χ3n) is 8.15. The van der Waals surface area contributed by atoms with Crippen LogP contribution >= 0.6 is 0 Å². The fraction of sp³-hybridized carbons (Fsp3) is 0.393. The molecule has 2 aromatic heterocycles. The van der Waals surface area contributed by atoms with Crippen LogP contribution in [0.5, 0.6) is 0 Å². The lowest BCUT2D eigenvalue weighted by atomic mass is 9.80. The smallest absolute Gasteiger partial charge is 0.262 e. The van der Waals surface area contributed by atoms with Gasteiger partial charge >= 0.3 is 0 Å². The van der Waals surface area contributed by atoms with Gasteiger partial charge in [-0.05, 0) is 62.3 Å². The number of carbonyl (C=O) groups excluding carboxylic acids is 4. The van der Waals surface area contributed by atoms with Crippen LogP contribution in [-0.4, -0.2) is 60.9 Å². The van der Waals surface area contributed by atoms with Crippen LogP contribution in [0.4, 0.5) is 5.69 Å². The summed E-state index contributed by atoms with van der Waals surface area (Å²) in [5.41, 5.74) is 3.44. The number of piperidine rings is 1. The highest BCUT2D eigenvalue weighted by Gasteiger charge is 2.44. The number of hydrogen-bond donors (Lipinski definition) is 2. The second kappa shape index (κ2) is 9.11. The van der Waals surface area contributed by atoms with Crippen LogP contribution in [-0.2, 0) is 9.59 Å². The maximum Gasteiger partial charge on any atom is 0.262 e. The molecule has 0 radical (unpaired) electrons. The van der Waals surface area contributed by atoms with Gasteiger partial charge in [-0.3, -0.25) is 34.1 Å². The molecule has 7 rings (SSSR count). The first-order valence-electron chi connectivity index (χ1n) is 13.4. The van der Waals surface area contributed by atoms with Gasteiger partial charge in [0.15, 0.2) is 5.82 Å². The number of anilines is 1. The summed E-state index contributed by atoms with van der Waals surface area (Å²) >= 11 is 0. The zero-order valence-electron chi connectivity index (χ0n) is 21.2. The van der Waals surface area contributed by atoms with E-state index in [1.165, 1.54) is 0 Å². The van der Waals surface area contributed by atoms with Crippen molar-refractivity contribution in [1.82, 2.24) is 30.0 Å². The van der Waals surface area contributed by atoms with E-state index in [-0.39, 0.29) is 29.9 Å². The molecule has 2 aliphatic heterocycles. The Kier molecular flexibility index (Phi) is 5.53. The summed E-state index contributed by atoms with van der Waals surface area (Å²) in [6.07, 6.45) is 10.1. The van der Waals surface area contributed by atoms with E-state index < -0.39 is 23.8 Å². The van der Waals surface area contributed by atoms with Gasteiger partial charge in [0, 0.05) is 43.2 Å². The number of nitrogens with one attached hydrogen (secondary N) is 2. The second-order valence-electron chi connectivity index (χ2n) is 10.8. The van der Waals surface area contributed by atoms with Crippen molar-refractivity contribution in [3.8, 4) is 11.4 Å². The summed E-state index contributed by atoms with van der Waals surface area (Å²) in [5, 5.41) is 10.6. The molecule has 4 aliphatic rings. The molecule has 2 N–H and O–H groups in total. The fourth-order valence-electron chi connectivity index (χ4n) is 5.79. The Morgan fingerprint density at radius 3 is 2.46 bits per heavy atom. The molecule has 3 fully saturated rings. The van der Waals surface area contributed by atoms with Crippen LogP contribution in [0.1, 0.15) is 76.9 Å². The van der Waals surface area contributed by atoms with Gasteiger partial charge in [0.25, 0.3) is 11.8 Å². The minimum Gasteiger partial charge on any atom is -0.385 e. The first-order valence-corrected chi connectivity index (χ1v) is 13.4. The zero-order chi connectivity index (χ0) is 26.7. The molecule has 11 nitrogen and oxygen atoms in total. The number of amides is 4. The summed E-state index contributed by atoms with van der Waals surface area (Å²) in [5.74, 6) is -0.316. The normalized spacial score (nSPS) is 24.4. The average Bonchev–Trinajstić information content (AvgIpc) is 3.62. The maximum atomic E-state index is 13.1. The molecule has 39 heavy (non-hydrogen) atoms. The minimum atomic E-state index is -0.963. The minimum absolute atomic E-state index is 0.0980. The van der Waals surface area contributed by atoms with Crippen molar-refractivity contribution < 1.29 is 19.2 Å². The van der Waals surface area contributed by atoms with Crippen molar-refractivity contribution in [2.45, 2.75) is 56.5 Å². The molecule has 198 valence electrons. The first kappa shape index (κ1) is 23.7. The number of fused-ring (bicyclic) bond motifs is 1. The second-order valence-corrected chi connectivity index (χ2v) is 10.8. The number of carbonyl (C=O) groups is 4. The van der Waals surface area contributed by atoms with Gasteiger partial charge in [-0.1, -0.05) is 0 Å². The zero-order valence-corrected chi connectivity index (χ0v) is 21.2. The van der Waals surface area contributed by atoms with Gasteiger partial charge in [-0.25, -0.2) is 9.97 Å². The molecule has 0 spiro atoms. The Labute approximate surface area is 224 Å². The number of imide groups is 2. The maximum absolute atomic E-state index is 13.1. The molecule has 0 bridgehead atoms. The molecule has 4 heterocycles. The lowest BCUT2D eigenvalue weighted by Crippen LogP contribution is -2.54. The highest BCUT2D eigenvalue weighted by atomic mass is 16.2. The molecule has 1 saturated heterocycles. The number of hydrogen-bond acceptors (Lipinski definition) is 8. The predicted octanol–water partition coefficient (Wildman–Crippen LogP) is 2.68. The number of nitrogens with zero attached hydrogens (tertiary/aromatic N) is 5. The fourth-order valence-corrected chi connectivity index (χ4v) is 5.79. The van der Waals surface area contributed by atoms with Crippen molar-refractivity contribution in [3.63, 3.8) is 0 Å². The van der Waals surface area contributed by atoms with Crippen molar-refractivity contribution in [2.75, 3.05) is 11.9 Å². The molecule has 3 aromatic rings. The topological polar surface area (TPSA) is 139 Å². The third-order valence-corrected chi connectivity index (χ3v) is 8.15. The van der Waals surface area contributed by atoms with Gasteiger partial charge < -0.3 is 5.32 Å². The van der Waals surface area contributed by atoms with Crippen molar-refractivity contribution >= 4 is 29.3 Å². The largest absolute Gasteiger partial charge is 0.385 e. The molecule has 2 aliphatic carbocycles. The van der Waals surface area contributed by atoms with Crippen LogP contribution in [0.25, 0.3) is 11.4 Å². The Balaban J connectivity index is 0.987. The highest BCUT2D eigenvalue weighted by Crippen LogP contribution is 2.45. The molecule has 1 aromatic carbocycles. The van der Waals surface area contributed by atoms with Crippen LogP contribution in [0.3, 0.4) is 0 Å². The number of rotatable bonds is 7. The predicted molar refractivity (Wildman–Crippen MR) is 139 cm³/mol. The molecule has 2 saturated carbocycles. The van der Waals surface area contributed by atoms with E-state index in [4.69, 9.17) is 5.10 Å². The Morgan fingerprint density at radius 1 is 0.949 bits per heavy atom. The van der Waals surface area contributed by atoms with Crippen LogP contribution < -0.4 is 10.6 Å². The summed E-state index contributed by atoms with van der Waals surface area (Å²) in [7, 11) is 0. The molecule has 4 amide bonds. The highest BCUT2D eigenvalue weighted by molar-refractivity contribution is 6.23. The molecule has 1 unspecified atom stereocenters. The number of aromatic nitrogens is 4. The lowest BCUT2D eigenvalue weighted by Gasteiger charge is -2.35. The monoisotopic (exact) mass is 525 g/mol. The van der Waals surface area contributed by atoms with E-state index in [1.807, 2.05) is 6.07 Å². The average molecular weight is 526 g/mol. The van der Waals surface area contributed by atoms with Crippen LogP contribution in [0.2, 0.25) is 0 Å². The van der Waals surface area contributed by atoms with Gasteiger partial charge in [0.1, 0.15) is 6.04 Å². The van der Waals surface area contributed by atoms with Crippen LogP contribution in [0.15, 0.2) is 42.9 Å². The van der Waals surface area contributed by atoms with Gasteiger partial charge in [0.2, 0.25) is 11.8 Å². The standard InChI is InChI=1S/C28H27N7O4/c36-23-7-6-22(26(37)32-23)35-27(38)19-5-4-17(12-20(19)28(35)39)31-13-15-10-18(11-15)34-14-21(24(33-34)16-2-3-16)25-29-8-1-9-30-25/h1,4-5,8-9,12,14-16,18,22,31H,2-3,6-7,10-11,13H2,(H,32,36,37). The first-order chi connectivity index (χ1) is 19.0. The van der Waals surface area contributed by atoms with Crippen molar-refractivity contribution in [1.29, 1.82) is 0 Å². The van der Waals surface area contributed by atoms with Gasteiger partial charge in [0.05, 0.1) is 28.4 Å². The Morgan fingerprint density at radius 2 is 1.72 bits per heavy atom. The molecular weight excluding hydrogens is 498 g/mol. The van der Waals surface area contributed by atoms with Crippen LogP contribution in [0, 0.1) is 5.92 Å². The summed E-state index contributed by atoms with van der Waals surface area (Å²) in [6, 6.07) is 6.28. The third kappa shape index (κ3) is 4.18. The van der Waals surface area contributed by atoms with E-state index in [2.05, 4.69) is 31.5 Å². The molecule has 1 atom stereocenters. The lowest BCUT2D eigenvalue weighted by molar-refractivity contribution is -0.136. The van der Waals surface area contributed by atoms with E-state index in [9.17, 15) is 19.2 Å².